The van der Waals surface area contributed by atoms with Crippen LogP contribution in [-0.4, -0.2) is 7.11 Å². The van der Waals surface area contributed by atoms with E-state index in [9.17, 15) is 0 Å². The van der Waals surface area contributed by atoms with Gasteiger partial charge in [-0.05, 0) is 59.4 Å². The second-order valence-electron chi connectivity index (χ2n) is 7.30. The van der Waals surface area contributed by atoms with Crippen molar-refractivity contribution in [1.29, 1.82) is 0 Å². The number of hydrogen-bond acceptors (Lipinski definition) is 2. The zero-order valence-corrected chi connectivity index (χ0v) is 14.7. The maximum Gasteiger partial charge on any atom is 0.165 e. The van der Waals surface area contributed by atoms with Gasteiger partial charge in [0.15, 0.2) is 5.75 Å². The van der Waals surface area contributed by atoms with Gasteiger partial charge >= 0.3 is 0 Å². The van der Waals surface area contributed by atoms with Crippen molar-refractivity contribution in [3.05, 3.63) is 100 Å². The molecule has 3 aliphatic carbocycles. The fraction of sp³-hybridized carbons (Fsp3) is 0.217. The molecule has 124 valence electrons. The highest BCUT2D eigenvalue weighted by Crippen LogP contribution is 2.61. The average Bonchev–Trinajstić information content (AvgIpc) is 2.66. The first-order valence-electron chi connectivity index (χ1n) is 8.67. The molecule has 0 saturated heterocycles. The van der Waals surface area contributed by atoms with Gasteiger partial charge in [0.25, 0.3) is 0 Å². The molecule has 2 nitrogen and oxygen atoms in total. The lowest BCUT2D eigenvalue weighted by molar-refractivity contribution is -0.178. The summed E-state index contributed by atoms with van der Waals surface area (Å²) in [5.41, 5.74) is 7.92. The molecule has 3 aromatic rings. The van der Waals surface area contributed by atoms with Crippen LogP contribution in [0.2, 0.25) is 0 Å². The molecule has 0 unspecified atom stereocenters. The Bertz CT molecular complexity index is 955. The summed E-state index contributed by atoms with van der Waals surface area (Å²) in [6.45, 7) is 4.68. The fourth-order valence-corrected chi connectivity index (χ4v) is 5.10. The van der Waals surface area contributed by atoms with E-state index in [1.807, 2.05) is 6.07 Å². The maximum atomic E-state index is 5.33. The van der Waals surface area contributed by atoms with Crippen LogP contribution >= 0.6 is 0 Å². The van der Waals surface area contributed by atoms with Gasteiger partial charge in [0, 0.05) is 10.8 Å². The molecular formula is C23H20O2. The van der Waals surface area contributed by atoms with E-state index in [1.165, 1.54) is 33.4 Å². The maximum absolute atomic E-state index is 5.33. The first-order valence-corrected chi connectivity index (χ1v) is 8.67. The monoisotopic (exact) mass is 328 g/mol. The summed E-state index contributed by atoms with van der Waals surface area (Å²) in [7, 11) is 1.54. The molecular weight excluding hydrogens is 308 g/mol. The van der Waals surface area contributed by atoms with E-state index >= 15 is 0 Å². The molecule has 3 aromatic carbocycles. The largest absolute Gasteiger partial charge is 0.338 e. The zero-order valence-electron chi connectivity index (χ0n) is 14.7. The smallest absolute Gasteiger partial charge is 0.165 e. The highest BCUT2D eigenvalue weighted by Gasteiger charge is 2.54. The van der Waals surface area contributed by atoms with Crippen molar-refractivity contribution in [2.24, 2.45) is 0 Å². The lowest BCUT2D eigenvalue weighted by Crippen LogP contribution is -2.48. The molecule has 0 radical (unpaired) electrons. The first-order chi connectivity index (χ1) is 12.1. The van der Waals surface area contributed by atoms with Crippen molar-refractivity contribution in [2.45, 2.75) is 24.7 Å². The summed E-state index contributed by atoms with van der Waals surface area (Å²) >= 11 is 0. The Kier molecular flexibility index (Phi) is 2.79. The van der Waals surface area contributed by atoms with Crippen molar-refractivity contribution < 1.29 is 9.78 Å². The van der Waals surface area contributed by atoms with Crippen molar-refractivity contribution in [1.82, 2.24) is 0 Å². The van der Waals surface area contributed by atoms with Crippen LogP contribution in [0.15, 0.2) is 66.7 Å². The van der Waals surface area contributed by atoms with Crippen molar-refractivity contribution >= 4 is 0 Å². The Labute approximate surface area is 148 Å². The van der Waals surface area contributed by atoms with E-state index in [0.717, 1.165) is 5.75 Å². The summed E-state index contributed by atoms with van der Waals surface area (Å²) in [5.74, 6) is 0.744. The van der Waals surface area contributed by atoms with Crippen LogP contribution in [0.25, 0.3) is 0 Å². The van der Waals surface area contributed by atoms with Gasteiger partial charge in [-0.1, -0.05) is 54.6 Å². The van der Waals surface area contributed by atoms with Crippen LogP contribution in [-0.2, 0) is 15.7 Å². The number of hydrogen-bond donors (Lipinski definition) is 0. The molecule has 0 spiro atoms. The van der Waals surface area contributed by atoms with E-state index in [1.54, 1.807) is 7.11 Å². The number of benzene rings is 3. The minimum absolute atomic E-state index is 0.147. The van der Waals surface area contributed by atoms with Gasteiger partial charge in [-0.2, -0.15) is 4.89 Å². The van der Waals surface area contributed by atoms with Crippen molar-refractivity contribution in [3.63, 3.8) is 0 Å². The van der Waals surface area contributed by atoms with Crippen LogP contribution in [0.4, 0.5) is 0 Å². The fourth-order valence-electron chi connectivity index (χ4n) is 5.10. The Hall–Kier alpha value is -2.58. The van der Waals surface area contributed by atoms with E-state index in [0.29, 0.717) is 0 Å². The normalized spacial score (nSPS) is 25.1. The Morgan fingerprint density at radius 2 is 1.04 bits per heavy atom. The van der Waals surface area contributed by atoms with Crippen molar-refractivity contribution in [3.8, 4) is 5.75 Å². The average molecular weight is 328 g/mol. The topological polar surface area (TPSA) is 18.5 Å². The summed E-state index contributed by atoms with van der Waals surface area (Å²) < 4.78 is 0. The third-order valence-electron chi connectivity index (χ3n) is 6.26. The quantitative estimate of drug-likeness (QED) is 0.489. The predicted molar refractivity (Wildman–Crippen MR) is 98.1 cm³/mol. The van der Waals surface area contributed by atoms with Gasteiger partial charge in [0.1, 0.15) is 0 Å². The SMILES string of the molecule is COOc1ccc2c(c1)C1(C)c3ccccc3C2(C)c2ccccc21. The van der Waals surface area contributed by atoms with Crippen molar-refractivity contribution in [2.75, 3.05) is 7.11 Å². The van der Waals surface area contributed by atoms with E-state index in [4.69, 9.17) is 9.78 Å². The van der Waals surface area contributed by atoms with E-state index < -0.39 is 0 Å². The summed E-state index contributed by atoms with van der Waals surface area (Å²) in [4.78, 5) is 10.2. The third-order valence-corrected chi connectivity index (χ3v) is 6.26. The molecule has 25 heavy (non-hydrogen) atoms. The molecule has 0 N–H and O–H groups in total. The molecule has 0 fully saturated rings. The zero-order chi connectivity index (χ0) is 17.2. The highest BCUT2D eigenvalue weighted by molar-refractivity contribution is 5.74. The second-order valence-corrected chi connectivity index (χ2v) is 7.30. The Balaban J connectivity index is 1.93. The molecule has 0 amide bonds. The number of rotatable bonds is 2. The second kappa shape index (κ2) is 4.74. The van der Waals surface area contributed by atoms with Gasteiger partial charge in [0.05, 0.1) is 7.11 Å². The minimum Gasteiger partial charge on any atom is -0.338 e. The van der Waals surface area contributed by atoms with Crippen LogP contribution in [0.5, 0.6) is 5.75 Å². The van der Waals surface area contributed by atoms with E-state index in [2.05, 4.69) is 74.5 Å². The third kappa shape index (κ3) is 1.58. The molecule has 0 aromatic heterocycles. The van der Waals surface area contributed by atoms with Gasteiger partial charge in [0.2, 0.25) is 0 Å². The summed E-state index contributed by atoms with van der Waals surface area (Å²) in [6.07, 6.45) is 0. The standard InChI is InChI=1S/C23H20O2/c1-22-16-8-4-6-10-18(16)23(2,19-11-7-5-9-17(19)22)21-14-15(25-24-3)12-13-20(21)22/h4-14H,1-3H3. The first kappa shape index (κ1) is 14.7. The van der Waals surface area contributed by atoms with Gasteiger partial charge in [-0.25, -0.2) is 0 Å². The molecule has 6 rings (SSSR count). The Morgan fingerprint density at radius 1 is 0.600 bits per heavy atom. The van der Waals surface area contributed by atoms with Crippen LogP contribution < -0.4 is 4.89 Å². The van der Waals surface area contributed by atoms with Crippen LogP contribution in [0.1, 0.15) is 47.2 Å². The van der Waals surface area contributed by atoms with Gasteiger partial charge in [-0.3, -0.25) is 0 Å². The molecule has 0 aliphatic heterocycles. The molecule has 0 saturated carbocycles. The summed E-state index contributed by atoms with van der Waals surface area (Å²) in [5, 5.41) is 0. The van der Waals surface area contributed by atoms with E-state index in [-0.39, 0.29) is 10.8 Å². The molecule has 0 atom stereocenters. The predicted octanol–water partition coefficient (Wildman–Crippen LogP) is 4.96. The Morgan fingerprint density at radius 3 is 1.52 bits per heavy atom. The summed E-state index contributed by atoms with van der Waals surface area (Å²) in [6, 6.07) is 24.1. The lowest BCUT2D eigenvalue weighted by atomic mass is 9.48. The van der Waals surface area contributed by atoms with Gasteiger partial charge < -0.3 is 4.89 Å². The minimum atomic E-state index is -0.187. The van der Waals surface area contributed by atoms with Gasteiger partial charge in [-0.15, -0.1) is 0 Å². The molecule has 3 aliphatic rings. The molecule has 2 heteroatoms. The molecule has 0 heterocycles. The van der Waals surface area contributed by atoms with Crippen LogP contribution in [0.3, 0.4) is 0 Å². The highest BCUT2D eigenvalue weighted by atomic mass is 17.2. The lowest BCUT2D eigenvalue weighted by Gasteiger charge is -2.54. The molecule has 2 bridgehead atoms. The van der Waals surface area contributed by atoms with Crippen LogP contribution in [0, 0.1) is 0 Å².